The van der Waals surface area contributed by atoms with Gasteiger partial charge in [-0.25, -0.2) is 0 Å². The Hall–Kier alpha value is -1.56. The minimum atomic E-state index is 0.500. The first kappa shape index (κ1) is 15.9. The topological polar surface area (TPSA) is 43.6 Å². The molecular formula is C17H14Cl2N4S. The maximum absolute atomic E-state index is 6.09. The number of hydrogen-bond acceptors (Lipinski definition) is 4. The second-order valence-corrected chi connectivity index (χ2v) is 7.44. The highest BCUT2D eigenvalue weighted by Gasteiger charge is 2.30. The molecule has 0 radical (unpaired) electrons. The molecule has 4 rings (SSSR count). The van der Waals surface area contributed by atoms with E-state index in [2.05, 4.69) is 19.7 Å². The molecule has 1 aliphatic rings. The van der Waals surface area contributed by atoms with Crippen molar-refractivity contribution in [3.63, 3.8) is 0 Å². The molecule has 2 aromatic heterocycles. The van der Waals surface area contributed by atoms with Crippen molar-refractivity contribution in [2.24, 2.45) is 0 Å². The van der Waals surface area contributed by atoms with Crippen LogP contribution in [0.15, 0.2) is 47.9 Å². The van der Waals surface area contributed by atoms with E-state index in [1.165, 1.54) is 12.8 Å². The zero-order valence-electron chi connectivity index (χ0n) is 12.7. The highest BCUT2D eigenvalue weighted by Crippen LogP contribution is 2.41. The minimum Gasteiger partial charge on any atom is -0.299 e. The van der Waals surface area contributed by atoms with Crippen LogP contribution in [0.25, 0.3) is 11.4 Å². The van der Waals surface area contributed by atoms with Gasteiger partial charge < -0.3 is 0 Å². The van der Waals surface area contributed by atoms with E-state index in [-0.39, 0.29) is 0 Å². The first-order valence-corrected chi connectivity index (χ1v) is 9.38. The summed E-state index contributed by atoms with van der Waals surface area (Å²) in [6.45, 7) is 0. The summed E-state index contributed by atoms with van der Waals surface area (Å²) in [6, 6.07) is 10.2. The van der Waals surface area contributed by atoms with E-state index in [1.54, 1.807) is 24.2 Å². The lowest BCUT2D eigenvalue weighted by Gasteiger charge is -2.09. The Morgan fingerprint density at radius 3 is 2.54 bits per heavy atom. The lowest BCUT2D eigenvalue weighted by molar-refractivity contribution is 0.669. The first-order chi connectivity index (χ1) is 11.7. The van der Waals surface area contributed by atoms with Crippen molar-refractivity contribution in [1.29, 1.82) is 0 Å². The maximum Gasteiger partial charge on any atom is 0.192 e. The summed E-state index contributed by atoms with van der Waals surface area (Å²) in [4.78, 5) is 4.07. The third-order valence-corrected chi connectivity index (χ3v) is 5.62. The van der Waals surface area contributed by atoms with Gasteiger partial charge in [-0.3, -0.25) is 9.55 Å². The lowest BCUT2D eigenvalue weighted by Crippen LogP contribution is -1.99. The number of rotatable bonds is 5. The summed E-state index contributed by atoms with van der Waals surface area (Å²) >= 11 is 13.7. The average molecular weight is 377 g/mol. The van der Waals surface area contributed by atoms with Crippen molar-refractivity contribution < 1.29 is 0 Å². The van der Waals surface area contributed by atoms with E-state index >= 15 is 0 Å². The molecule has 24 heavy (non-hydrogen) atoms. The van der Waals surface area contributed by atoms with E-state index in [4.69, 9.17) is 23.2 Å². The number of pyridine rings is 1. The molecule has 1 aliphatic carbocycles. The van der Waals surface area contributed by atoms with Gasteiger partial charge in [-0.05, 0) is 42.7 Å². The number of halogens is 2. The maximum atomic E-state index is 6.09. The molecule has 0 bridgehead atoms. The molecule has 0 spiro atoms. The van der Waals surface area contributed by atoms with Gasteiger partial charge in [0.1, 0.15) is 0 Å². The van der Waals surface area contributed by atoms with Crippen LogP contribution in [0.4, 0.5) is 0 Å². The molecule has 1 fully saturated rings. The Labute approximate surface area is 154 Å². The van der Waals surface area contributed by atoms with Gasteiger partial charge >= 0.3 is 0 Å². The molecule has 0 saturated heterocycles. The van der Waals surface area contributed by atoms with E-state index in [0.717, 1.165) is 27.9 Å². The SMILES string of the molecule is Clc1ccc(CSc2nnc(-c3ccncc3)n2C2CC2)cc1Cl. The van der Waals surface area contributed by atoms with Crippen LogP contribution in [0, 0.1) is 0 Å². The zero-order valence-corrected chi connectivity index (χ0v) is 15.0. The predicted octanol–water partition coefficient (Wildman–Crippen LogP) is 5.27. The van der Waals surface area contributed by atoms with Gasteiger partial charge in [-0.2, -0.15) is 0 Å². The number of hydrogen-bond donors (Lipinski definition) is 0. The van der Waals surface area contributed by atoms with Crippen LogP contribution < -0.4 is 0 Å². The van der Waals surface area contributed by atoms with Gasteiger partial charge in [-0.1, -0.05) is 41.0 Å². The zero-order chi connectivity index (χ0) is 16.5. The molecule has 0 aliphatic heterocycles. The highest BCUT2D eigenvalue weighted by atomic mass is 35.5. The molecule has 2 heterocycles. The third kappa shape index (κ3) is 3.29. The average Bonchev–Trinajstić information content (AvgIpc) is 3.36. The molecule has 0 atom stereocenters. The Kier molecular flexibility index (Phi) is 4.48. The quantitative estimate of drug-likeness (QED) is 0.568. The second kappa shape index (κ2) is 6.75. The van der Waals surface area contributed by atoms with E-state index in [0.29, 0.717) is 16.1 Å². The smallest absolute Gasteiger partial charge is 0.192 e. The molecule has 3 aromatic rings. The molecule has 7 heteroatoms. The Morgan fingerprint density at radius 1 is 1.04 bits per heavy atom. The lowest BCUT2D eigenvalue weighted by atomic mass is 10.2. The van der Waals surface area contributed by atoms with Gasteiger partial charge in [0.15, 0.2) is 11.0 Å². The monoisotopic (exact) mass is 376 g/mol. The van der Waals surface area contributed by atoms with E-state index in [9.17, 15) is 0 Å². The minimum absolute atomic E-state index is 0.500. The van der Waals surface area contributed by atoms with Crippen LogP contribution in [0.1, 0.15) is 24.4 Å². The molecule has 1 saturated carbocycles. The van der Waals surface area contributed by atoms with Crippen molar-refractivity contribution in [2.45, 2.75) is 29.8 Å². The number of benzene rings is 1. The van der Waals surface area contributed by atoms with Gasteiger partial charge in [0.2, 0.25) is 0 Å². The Bertz CT molecular complexity index is 862. The van der Waals surface area contributed by atoms with Crippen molar-refractivity contribution in [3.05, 3.63) is 58.3 Å². The van der Waals surface area contributed by atoms with Crippen LogP contribution in [0.5, 0.6) is 0 Å². The standard InChI is InChI=1S/C17H14Cl2N4S/c18-14-4-1-11(9-15(14)19)10-24-17-22-21-16(23(17)13-2-3-13)12-5-7-20-8-6-12/h1,4-9,13H,2-3,10H2. The van der Waals surface area contributed by atoms with Crippen molar-refractivity contribution >= 4 is 35.0 Å². The fourth-order valence-electron chi connectivity index (χ4n) is 2.51. The number of aromatic nitrogens is 4. The van der Waals surface area contributed by atoms with Gasteiger partial charge in [0, 0.05) is 29.8 Å². The molecule has 122 valence electrons. The molecule has 0 amide bonds. The van der Waals surface area contributed by atoms with Gasteiger partial charge in [-0.15, -0.1) is 10.2 Å². The van der Waals surface area contributed by atoms with Gasteiger partial charge in [0.05, 0.1) is 10.0 Å². The number of nitrogens with zero attached hydrogens (tertiary/aromatic N) is 4. The molecule has 0 N–H and O–H groups in total. The van der Waals surface area contributed by atoms with Gasteiger partial charge in [0.25, 0.3) is 0 Å². The van der Waals surface area contributed by atoms with Crippen molar-refractivity contribution in [2.75, 3.05) is 0 Å². The first-order valence-electron chi connectivity index (χ1n) is 7.64. The molecule has 4 nitrogen and oxygen atoms in total. The van der Waals surface area contributed by atoms with Crippen LogP contribution >= 0.6 is 35.0 Å². The summed E-state index contributed by atoms with van der Waals surface area (Å²) in [5.41, 5.74) is 2.16. The number of thioether (sulfide) groups is 1. The Balaban J connectivity index is 1.59. The predicted molar refractivity (Wildman–Crippen MR) is 97.5 cm³/mol. The third-order valence-electron chi connectivity index (χ3n) is 3.87. The molecular weight excluding hydrogens is 363 g/mol. The molecule has 1 aromatic carbocycles. The summed E-state index contributed by atoms with van der Waals surface area (Å²) in [6.07, 6.45) is 5.92. The van der Waals surface area contributed by atoms with Crippen LogP contribution in [0.3, 0.4) is 0 Å². The summed E-state index contributed by atoms with van der Waals surface area (Å²) < 4.78 is 2.25. The largest absolute Gasteiger partial charge is 0.299 e. The van der Waals surface area contributed by atoms with E-state index < -0.39 is 0 Å². The fraction of sp³-hybridized carbons (Fsp3) is 0.235. The van der Waals surface area contributed by atoms with Crippen molar-refractivity contribution in [1.82, 2.24) is 19.7 Å². The summed E-state index contributed by atoms with van der Waals surface area (Å²) in [5, 5.41) is 10.9. The normalized spacial score (nSPS) is 14.1. The Morgan fingerprint density at radius 2 is 1.83 bits per heavy atom. The van der Waals surface area contributed by atoms with Crippen LogP contribution in [-0.4, -0.2) is 19.7 Å². The summed E-state index contributed by atoms with van der Waals surface area (Å²) in [5.74, 6) is 1.69. The van der Waals surface area contributed by atoms with Crippen LogP contribution in [-0.2, 0) is 5.75 Å². The van der Waals surface area contributed by atoms with E-state index in [1.807, 2.05) is 30.3 Å². The molecule has 0 unspecified atom stereocenters. The highest BCUT2D eigenvalue weighted by molar-refractivity contribution is 7.98. The second-order valence-electron chi connectivity index (χ2n) is 5.68. The van der Waals surface area contributed by atoms with Crippen molar-refractivity contribution in [3.8, 4) is 11.4 Å². The van der Waals surface area contributed by atoms with Crippen LogP contribution in [0.2, 0.25) is 10.0 Å². The fourth-order valence-corrected chi connectivity index (χ4v) is 3.78. The summed E-state index contributed by atoms with van der Waals surface area (Å²) in [7, 11) is 0.